The molecule has 0 heterocycles. The molecule has 132 valence electrons. The molecule has 0 N–H and O–H groups in total. The molecule has 3 aromatic rings. The quantitative estimate of drug-likeness (QED) is 0.299. The smallest absolute Gasteiger partial charge is 0.164 e. The molecule has 0 aliphatic carbocycles. The predicted octanol–water partition coefficient (Wildman–Crippen LogP) is 7.75. The first-order chi connectivity index (χ1) is 12.5. The number of hydrogen-bond acceptors (Lipinski definition) is 2. The molecule has 3 aromatic carbocycles. The molecule has 0 amide bonds. The number of benzene rings is 3. The van der Waals surface area contributed by atoms with Gasteiger partial charge in [0.25, 0.3) is 0 Å². The third kappa shape index (κ3) is 5.05. The molecule has 0 aliphatic heterocycles. The summed E-state index contributed by atoms with van der Waals surface area (Å²) in [5, 5.41) is 1.73. The molecule has 0 bridgehead atoms. The zero-order valence-corrected chi connectivity index (χ0v) is 16.7. The van der Waals surface area contributed by atoms with Crippen LogP contribution >= 0.6 is 46.6 Å². The molecule has 1 nitrogen and oxygen atoms in total. The lowest BCUT2D eigenvalue weighted by Gasteiger charge is -2.17. The van der Waals surface area contributed by atoms with Crippen molar-refractivity contribution in [2.45, 2.75) is 16.6 Å². The Morgan fingerprint density at radius 3 is 2.15 bits per heavy atom. The van der Waals surface area contributed by atoms with Gasteiger partial charge in [-0.05, 0) is 48.0 Å². The molecule has 26 heavy (non-hydrogen) atoms. The number of halogens is 3. The van der Waals surface area contributed by atoms with Crippen molar-refractivity contribution in [2.75, 3.05) is 0 Å². The zero-order valence-electron chi connectivity index (χ0n) is 13.7. The van der Waals surface area contributed by atoms with E-state index in [1.54, 1.807) is 48.2 Å². The lowest BCUT2D eigenvalue weighted by atomic mass is 10.0. The Morgan fingerprint density at radius 1 is 0.846 bits per heavy atom. The zero-order chi connectivity index (χ0) is 18.5. The number of ketones is 1. The highest BCUT2D eigenvalue weighted by atomic mass is 35.5. The number of carbonyl (C=O) groups excluding carboxylic acids is 1. The van der Waals surface area contributed by atoms with Gasteiger partial charge < -0.3 is 0 Å². The topological polar surface area (TPSA) is 17.1 Å². The monoisotopic (exact) mass is 420 g/mol. The summed E-state index contributed by atoms with van der Waals surface area (Å²) in [5.74, 6) is 0.0631. The molecule has 0 aromatic heterocycles. The van der Waals surface area contributed by atoms with Gasteiger partial charge in [0.1, 0.15) is 0 Å². The molecule has 0 spiro atoms. The summed E-state index contributed by atoms with van der Waals surface area (Å²) in [5.41, 5.74) is 1.73. The summed E-state index contributed by atoms with van der Waals surface area (Å²) in [4.78, 5) is 13.7. The average molecular weight is 422 g/mol. The first kappa shape index (κ1) is 19.3. The van der Waals surface area contributed by atoms with E-state index in [2.05, 4.69) is 0 Å². The van der Waals surface area contributed by atoms with E-state index in [1.807, 2.05) is 36.4 Å². The van der Waals surface area contributed by atoms with Gasteiger partial charge in [-0.3, -0.25) is 4.79 Å². The highest BCUT2D eigenvalue weighted by Crippen LogP contribution is 2.42. The highest BCUT2D eigenvalue weighted by Gasteiger charge is 2.20. The number of Topliss-reactive ketones (excluding diaryl/α,β-unsaturated/α-hetero) is 1. The number of thioether (sulfide) groups is 1. The van der Waals surface area contributed by atoms with Crippen LogP contribution in [-0.2, 0) is 0 Å². The molecule has 0 saturated carbocycles. The van der Waals surface area contributed by atoms with E-state index in [0.29, 0.717) is 27.1 Å². The van der Waals surface area contributed by atoms with E-state index in [-0.39, 0.29) is 11.0 Å². The Hall–Kier alpha value is -1.45. The highest BCUT2D eigenvalue weighted by molar-refractivity contribution is 7.99. The Kier molecular flexibility index (Phi) is 6.66. The van der Waals surface area contributed by atoms with Gasteiger partial charge in [-0.2, -0.15) is 0 Å². The minimum Gasteiger partial charge on any atom is -0.294 e. The van der Waals surface area contributed by atoms with E-state index < -0.39 is 0 Å². The van der Waals surface area contributed by atoms with Crippen LogP contribution in [0.5, 0.6) is 0 Å². The van der Waals surface area contributed by atoms with E-state index in [0.717, 1.165) is 10.5 Å². The number of hydrogen-bond donors (Lipinski definition) is 0. The molecule has 0 saturated heterocycles. The average Bonchev–Trinajstić information content (AvgIpc) is 2.64. The van der Waals surface area contributed by atoms with Gasteiger partial charge in [-0.1, -0.05) is 65.1 Å². The van der Waals surface area contributed by atoms with Gasteiger partial charge in [0.2, 0.25) is 0 Å². The lowest BCUT2D eigenvalue weighted by molar-refractivity contribution is 0.0982. The van der Waals surface area contributed by atoms with Gasteiger partial charge in [0.15, 0.2) is 5.78 Å². The van der Waals surface area contributed by atoms with Crippen molar-refractivity contribution in [3.05, 3.63) is 99.0 Å². The summed E-state index contributed by atoms with van der Waals surface area (Å²) in [6, 6.07) is 22.3. The van der Waals surface area contributed by atoms with Gasteiger partial charge in [0, 0.05) is 32.2 Å². The summed E-state index contributed by atoms with van der Waals surface area (Å²) in [6.07, 6.45) is 0.356. The summed E-state index contributed by atoms with van der Waals surface area (Å²) < 4.78 is 0. The van der Waals surface area contributed by atoms with Crippen molar-refractivity contribution >= 4 is 52.3 Å². The maximum absolute atomic E-state index is 12.8. The third-order valence-corrected chi connectivity index (χ3v) is 6.12. The van der Waals surface area contributed by atoms with Crippen molar-refractivity contribution in [1.82, 2.24) is 0 Å². The van der Waals surface area contributed by atoms with Crippen LogP contribution < -0.4 is 0 Å². The van der Waals surface area contributed by atoms with Crippen LogP contribution in [0.3, 0.4) is 0 Å². The second-order valence-electron chi connectivity index (χ2n) is 5.73. The van der Waals surface area contributed by atoms with Crippen molar-refractivity contribution in [3.8, 4) is 0 Å². The molecule has 1 atom stereocenters. The lowest BCUT2D eigenvalue weighted by Crippen LogP contribution is -2.05. The second-order valence-corrected chi connectivity index (χ2v) is 8.25. The fourth-order valence-corrected chi connectivity index (χ4v) is 4.36. The fraction of sp³-hybridized carbons (Fsp3) is 0.0952. The Bertz CT molecular complexity index is 895. The standard InChI is InChI=1S/C21H15Cl3OS/c22-16-8-6-14(7-9-16)19(25)13-21(15-4-2-1-3-5-15)26-20-11-10-17(23)12-18(20)24/h1-12,21H,13H2/t21-/m1/s1. The predicted molar refractivity (Wildman–Crippen MR) is 112 cm³/mol. The normalized spacial score (nSPS) is 12.0. The van der Waals surface area contributed by atoms with Gasteiger partial charge in [-0.15, -0.1) is 11.8 Å². The first-order valence-corrected chi connectivity index (χ1v) is 10.00. The van der Waals surface area contributed by atoms with Gasteiger partial charge in [0.05, 0.1) is 5.02 Å². The van der Waals surface area contributed by atoms with Crippen molar-refractivity contribution in [3.63, 3.8) is 0 Å². The Labute approximate surface area is 172 Å². The van der Waals surface area contributed by atoms with Crippen molar-refractivity contribution < 1.29 is 4.79 Å². The second kappa shape index (κ2) is 8.96. The molecular formula is C21H15Cl3OS. The fourth-order valence-electron chi connectivity index (χ4n) is 2.54. The molecule has 3 rings (SSSR count). The van der Waals surface area contributed by atoms with E-state index >= 15 is 0 Å². The van der Waals surface area contributed by atoms with Crippen LogP contribution in [0.25, 0.3) is 0 Å². The molecule has 0 radical (unpaired) electrons. The molecule has 0 aliphatic rings. The van der Waals surface area contributed by atoms with Gasteiger partial charge in [-0.25, -0.2) is 0 Å². The van der Waals surface area contributed by atoms with E-state index in [1.165, 1.54) is 0 Å². The van der Waals surface area contributed by atoms with Crippen LogP contribution in [-0.4, -0.2) is 5.78 Å². The number of carbonyl (C=O) groups is 1. The maximum Gasteiger partial charge on any atom is 0.164 e. The van der Waals surface area contributed by atoms with Crippen molar-refractivity contribution in [2.24, 2.45) is 0 Å². The van der Waals surface area contributed by atoms with Crippen LogP contribution in [0.15, 0.2) is 77.7 Å². The van der Waals surface area contributed by atoms with Crippen LogP contribution in [0, 0.1) is 0 Å². The Morgan fingerprint density at radius 2 is 1.50 bits per heavy atom. The van der Waals surface area contributed by atoms with Crippen LogP contribution in [0.1, 0.15) is 27.6 Å². The molecule has 0 unspecified atom stereocenters. The molecule has 5 heteroatoms. The molecule has 0 fully saturated rings. The minimum absolute atomic E-state index is 0.0574. The summed E-state index contributed by atoms with van der Waals surface area (Å²) in [7, 11) is 0. The SMILES string of the molecule is O=C(C[C@@H](Sc1ccc(Cl)cc1Cl)c1ccccc1)c1ccc(Cl)cc1. The van der Waals surface area contributed by atoms with Crippen LogP contribution in [0.2, 0.25) is 15.1 Å². The number of rotatable bonds is 6. The Balaban J connectivity index is 1.86. The van der Waals surface area contributed by atoms with Crippen molar-refractivity contribution in [1.29, 1.82) is 0 Å². The van der Waals surface area contributed by atoms with Crippen LogP contribution in [0.4, 0.5) is 0 Å². The van der Waals surface area contributed by atoms with E-state index in [9.17, 15) is 4.79 Å². The summed E-state index contributed by atoms with van der Waals surface area (Å²) >= 11 is 19.8. The molecular weight excluding hydrogens is 407 g/mol. The maximum atomic E-state index is 12.8. The third-order valence-electron chi connectivity index (χ3n) is 3.87. The van der Waals surface area contributed by atoms with E-state index in [4.69, 9.17) is 34.8 Å². The largest absolute Gasteiger partial charge is 0.294 e. The van der Waals surface area contributed by atoms with Gasteiger partial charge >= 0.3 is 0 Å². The summed E-state index contributed by atoms with van der Waals surface area (Å²) in [6.45, 7) is 0. The first-order valence-electron chi connectivity index (χ1n) is 7.98. The minimum atomic E-state index is -0.0574.